The molecule has 0 atom stereocenters. The molecule has 15 heavy (non-hydrogen) atoms. The van der Waals surface area contributed by atoms with Crippen LogP contribution in [0.2, 0.25) is 0 Å². The number of nitrogens with one attached hydrogen (secondary N) is 1. The zero-order valence-electron chi connectivity index (χ0n) is 8.86. The topological polar surface area (TPSA) is 62.3 Å². The first-order chi connectivity index (χ1) is 6.63. The predicted octanol–water partition coefficient (Wildman–Crippen LogP) is 1.44. The van der Waals surface area contributed by atoms with Crippen molar-refractivity contribution in [1.82, 2.24) is 4.90 Å². The summed E-state index contributed by atoms with van der Waals surface area (Å²) in [5, 5.41) is 7.21. The van der Waals surface area contributed by atoms with Gasteiger partial charge in [-0.1, -0.05) is 12.1 Å². The summed E-state index contributed by atoms with van der Waals surface area (Å²) in [6, 6.07) is 7.70. The third kappa shape index (κ3) is 4.08. The maximum absolute atomic E-state index is 7.21. The Morgan fingerprint density at radius 1 is 1.40 bits per heavy atom. The lowest BCUT2D eigenvalue weighted by atomic mass is 10.2. The van der Waals surface area contributed by atoms with Gasteiger partial charge in [0.05, 0.1) is 7.11 Å². The summed E-state index contributed by atoms with van der Waals surface area (Å²) >= 11 is 0. The van der Waals surface area contributed by atoms with E-state index in [0.717, 1.165) is 11.3 Å². The number of nitrogens with two attached hydrogens (primary N) is 1. The van der Waals surface area contributed by atoms with Crippen molar-refractivity contribution < 1.29 is 4.74 Å². The molecule has 1 aromatic rings. The van der Waals surface area contributed by atoms with Crippen LogP contribution >= 0.6 is 12.4 Å². The average Bonchev–Trinajstić information content (AvgIpc) is 2.19. The van der Waals surface area contributed by atoms with E-state index in [2.05, 4.69) is 0 Å². The first-order valence-corrected chi connectivity index (χ1v) is 4.31. The zero-order valence-corrected chi connectivity index (χ0v) is 9.67. The molecular weight excluding hydrogens is 214 g/mol. The highest BCUT2D eigenvalue weighted by Crippen LogP contribution is 2.12. The minimum absolute atomic E-state index is 0. The van der Waals surface area contributed by atoms with E-state index >= 15 is 0 Å². The van der Waals surface area contributed by atoms with Crippen LogP contribution in [0.15, 0.2) is 24.3 Å². The first kappa shape index (κ1) is 13.6. The number of halogens is 1. The van der Waals surface area contributed by atoms with E-state index in [4.69, 9.17) is 15.9 Å². The summed E-state index contributed by atoms with van der Waals surface area (Å²) in [5.41, 5.74) is 6.42. The number of guanidine groups is 1. The van der Waals surface area contributed by atoms with Crippen LogP contribution in [0.4, 0.5) is 0 Å². The van der Waals surface area contributed by atoms with Crippen LogP contribution in [-0.4, -0.2) is 25.0 Å². The third-order valence-electron chi connectivity index (χ3n) is 1.99. The molecule has 0 unspecified atom stereocenters. The Kier molecular flexibility index (Phi) is 5.56. The van der Waals surface area contributed by atoms with E-state index in [1.807, 2.05) is 24.3 Å². The van der Waals surface area contributed by atoms with Gasteiger partial charge in [0.25, 0.3) is 0 Å². The molecule has 84 valence electrons. The molecule has 0 radical (unpaired) electrons. The molecular formula is C10H16ClN3O. The summed E-state index contributed by atoms with van der Waals surface area (Å²) < 4.78 is 5.04. The molecule has 0 bridgehead atoms. The fourth-order valence-electron chi connectivity index (χ4n) is 1.09. The molecule has 5 heteroatoms. The van der Waals surface area contributed by atoms with Crippen molar-refractivity contribution in [2.24, 2.45) is 5.73 Å². The smallest absolute Gasteiger partial charge is 0.188 e. The summed E-state index contributed by atoms with van der Waals surface area (Å²) in [7, 11) is 3.42. The van der Waals surface area contributed by atoms with Crippen LogP contribution in [-0.2, 0) is 6.54 Å². The highest BCUT2D eigenvalue weighted by Gasteiger charge is 2.00. The lowest BCUT2D eigenvalue weighted by Crippen LogP contribution is -2.32. The molecule has 0 saturated carbocycles. The fraction of sp³-hybridized carbons (Fsp3) is 0.300. The molecule has 1 rings (SSSR count). The quantitative estimate of drug-likeness (QED) is 0.609. The van der Waals surface area contributed by atoms with Gasteiger partial charge < -0.3 is 15.4 Å². The standard InChI is InChI=1S/C10H15N3O.ClH/c1-13(10(11)12)7-8-3-5-9(14-2)6-4-8;/h3-6H,7H2,1-2H3,(H3,11,12);1H. The van der Waals surface area contributed by atoms with E-state index in [-0.39, 0.29) is 18.4 Å². The Labute approximate surface area is 95.9 Å². The second-order valence-electron chi connectivity index (χ2n) is 3.09. The molecule has 0 aliphatic carbocycles. The molecule has 1 aromatic carbocycles. The molecule has 0 aliphatic heterocycles. The SMILES string of the molecule is COc1ccc(CN(C)C(=N)N)cc1.Cl. The third-order valence-corrected chi connectivity index (χ3v) is 1.99. The monoisotopic (exact) mass is 229 g/mol. The van der Waals surface area contributed by atoms with Crippen LogP contribution in [0.3, 0.4) is 0 Å². The molecule has 0 aromatic heterocycles. The number of hydrogen-bond acceptors (Lipinski definition) is 2. The minimum atomic E-state index is 0. The lowest BCUT2D eigenvalue weighted by molar-refractivity contribution is 0.414. The molecule has 3 N–H and O–H groups in total. The highest BCUT2D eigenvalue weighted by molar-refractivity contribution is 5.85. The van der Waals surface area contributed by atoms with E-state index in [9.17, 15) is 0 Å². The zero-order chi connectivity index (χ0) is 10.6. The molecule has 0 aliphatic rings. The number of benzene rings is 1. The van der Waals surface area contributed by atoms with Crippen LogP contribution in [0, 0.1) is 5.41 Å². The van der Waals surface area contributed by atoms with Gasteiger partial charge >= 0.3 is 0 Å². The van der Waals surface area contributed by atoms with E-state index in [1.165, 1.54) is 0 Å². The van der Waals surface area contributed by atoms with Crippen molar-refractivity contribution >= 4 is 18.4 Å². The van der Waals surface area contributed by atoms with Gasteiger partial charge in [0.15, 0.2) is 5.96 Å². The normalized spacial score (nSPS) is 8.93. The maximum Gasteiger partial charge on any atom is 0.188 e. The Hall–Kier alpha value is -1.42. The van der Waals surface area contributed by atoms with Gasteiger partial charge in [-0.2, -0.15) is 0 Å². The second kappa shape index (κ2) is 6.14. The van der Waals surface area contributed by atoms with Crippen molar-refractivity contribution in [1.29, 1.82) is 5.41 Å². The number of rotatable bonds is 3. The highest BCUT2D eigenvalue weighted by atomic mass is 35.5. The molecule has 0 heterocycles. The fourth-order valence-corrected chi connectivity index (χ4v) is 1.09. The molecule has 0 amide bonds. The Bertz CT molecular complexity index is 313. The van der Waals surface area contributed by atoms with Gasteiger partial charge in [0.2, 0.25) is 0 Å². The van der Waals surface area contributed by atoms with Crippen LogP contribution < -0.4 is 10.5 Å². The second-order valence-corrected chi connectivity index (χ2v) is 3.09. The first-order valence-electron chi connectivity index (χ1n) is 4.31. The molecule has 4 nitrogen and oxygen atoms in total. The van der Waals surface area contributed by atoms with E-state index < -0.39 is 0 Å². The van der Waals surface area contributed by atoms with Gasteiger partial charge in [-0.05, 0) is 17.7 Å². The van der Waals surface area contributed by atoms with Crippen molar-refractivity contribution in [3.63, 3.8) is 0 Å². The summed E-state index contributed by atoms with van der Waals surface area (Å²) in [6.45, 7) is 0.638. The Morgan fingerprint density at radius 3 is 2.33 bits per heavy atom. The van der Waals surface area contributed by atoms with Gasteiger partial charge in [0, 0.05) is 13.6 Å². The summed E-state index contributed by atoms with van der Waals surface area (Å²) in [4.78, 5) is 1.67. The van der Waals surface area contributed by atoms with Crippen molar-refractivity contribution in [3.05, 3.63) is 29.8 Å². The summed E-state index contributed by atoms with van der Waals surface area (Å²) in [6.07, 6.45) is 0. The van der Waals surface area contributed by atoms with E-state index in [0.29, 0.717) is 6.54 Å². The molecule has 0 fully saturated rings. The number of ether oxygens (including phenoxy) is 1. The van der Waals surface area contributed by atoms with Crippen molar-refractivity contribution in [3.8, 4) is 5.75 Å². The van der Waals surface area contributed by atoms with Crippen LogP contribution in [0.25, 0.3) is 0 Å². The Morgan fingerprint density at radius 2 is 1.93 bits per heavy atom. The number of hydrogen-bond donors (Lipinski definition) is 2. The van der Waals surface area contributed by atoms with Gasteiger partial charge in [-0.15, -0.1) is 12.4 Å². The predicted molar refractivity (Wildman–Crippen MR) is 63.6 cm³/mol. The van der Waals surface area contributed by atoms with E-state index in [1.54, 1.807) is 19.1 Å². The van der Waals surface area contributed by atoms with Crippen LogP contribution in [0.1, 0.15) is 5.56 Å². The van der Waals surface area contributed by atoms with Crippen molar-refractivity contribution in [2.75, 3.05) is 14.2 Å². The van der Waals surface area contributed by atoms with Crippen molar-refractivity contribution in [2.45, 2.75) is 6.54 Å². The van der Waals surface area contributed by atoms with Gasteiger partial charge in [-0.3, -0.25) is 5.41 Å². The van der Waals surface area contributed by atoms with Crippen LogP contribution in [0.5, 0.6) is 5.75 Å². The Balaban J connectivity index is 0.00000196. The van der Waals surface area contributed by atoms with Gasteiger partial charge in [-0.25, -0.2) is 0 Å². The minimum Gasteiger partial charge on any atom is -0.497 e. The molecule has 0 spiro atoms. The maximum atomic E-state index is 7.21. The largest absolute Gasteiger partial charge is 0.497 e. The average molecular weight is 230 g/mol. The molecule has 0 saturated heterocycles. The number of nitrogens with zero attached hydrogens (tertiary/aromatic N) is 1. The lowest BCUT2D eigenvalue weighted by Gasteiger charge is -2.16. The van der Waals surface area contributed by atoms with Gasteiger partial charge in [0.1, 0.15) is 5.75 Å². The number of methoxy groups -OCH3 is 1. The summed E-state index contributed by atoms with van der Waals surface area (Å²) in [5.74, 6) is 0.903.